The lowest BCUT2D eigenvalue weighted by Gasteiger charge is -2.30. The van der Waals surface area contributed by atoms with Crippen LogP contribution in [0.3, 0.4) is 0 Å². The summed E-state index contributed by atoms with van der Waals surface area (Å²) in [4.78, 5) is 26.0. The predicted octanol–water partition coefficient (Wildman–Crippen LogP) is 3.91. The lowest BCUT2D eigenvalue weighted by molar-refractivity contribution is -0.138. The summed E-state index contributed by atoms with van der Waals surface area (Å²) >= 11 is 1.69. The van der Waals surface area contributed by atoms with Crippen LogP contribution in [0.4, 0.5) is 0 Å². The Morgan fingerprint density at radius 3 is 2.58 bits per heavy atom. The fourth-order valence-corrected chi connectivity index (χ4v) is 4.53. The van der Waals surface area contributed by atoms with Crippen LogP contribution in [0.2, 0.25) is 0 Å². The Hall–Kier alpha value is -2.27. The molecule has 2 aromatic carbocycles. The summed E-state index contributed by atoms with van der Waals surface area (Å²) in [7, 11) is 0. The van der Waals surface area contributed by atoms with E-state index >= 15 is 0 Å². The van der Waals surface area contributed by atoms with Crippen molar-refractivity contribution >= 4 is 23.6 Å². The molecule has 0 aliphatic carbocycles. The van der Waals surface area contributed by atoms with E-state index < -0.39 is 5.97 Å². The fraction of sp³-hybridized carbons (Fsp3) is 0.333. The zero-order chi connectivity index (χ0) is 18.4. The van der Waals surface area contributed by atoms with Crippen molar-refractivity contribution in [2.24, 2.45) is 0 Å². The van der Waals surface area contributed by atoms with Gasteiger partial charge < -0.3 is 10.0 Å². The molecule has 0 spiro atoms. The zero-order valence-corrected chi connectivity index (χ0v) is 15.5. The van der Waals surface area contributed by atoms with E-state index in [0.717, 1.165) is 23.3 Å². The van der Waals surface area contributed by atoms with Gasteiger partial charge in [0.05, 0.1) is 0 Å². The van der Waals surface area contributed by atoms with Gasteiger partial charge in [0.2, 0.25) is 5.91 Å². The highest BCUT2D eigenvalue weighted by molar-refractivity contribution is 8.00. The van der Waals surface area contributed by atoms with Crippen LogP contribution in [0, 0.1) is 0 Å². The molecule has 1 N–H and O–H groups in total. The molecule has 1 aliphatic rings. The van der Waals surface area contributed by atoms with E-state index in [2.05, 4.69) is 6.07 Å². The molecule has 2 aromatic rings. The predicted molar refractivity (Wildman–Crippen MR) is 104 cm³/mol. The minimum absolute atomic E-state index is 0.0764. The van der Waals surface area contributed by atoms with Crippen LogP contribution in [0.15, 0.2) is 54.6 Å². The van der Waals surface area contributed by atoms with Gasteiger partial charge >= 0.3 is 5.97 Å². The number of rotatable bonds is 7. The topological polar surface area (TPSA) is 57.6 Å². The minimum Gasteiger partial charge on any atom is -0.481 e. The van der Waals surface area contributed by atoms with Crippen molar-refractivity contribution in [3.05, 3.63) is 71.3 Å². The molecule has 3 rings (SSSR count). The first-order valence-electron chi connectivity index (χ1n) is 8.89. The number of aryl methyl sites for hydroxylation is 1. The number of fused-ring (bicyclic) bond motifs is 1. The molecule has 1 amide bonds. The zero-order valence-electron chi connectivity index (χ0n) is 14.6. The van der Waals surface area contributed by atoms with Crippen LogP contribution in [0.1, 0.15) is 34.8 Å². The van der Waals surface area contributed by atoms with Gasteiger partial charge in [0.25, 0.3) is 0 Å². The molecule has 0 bridgehead atoms. The SMILES string of the molecule is O=C(O)CCCN(Cc1ccccc1)C(=O)C1SCCc2ccccc21. The van der Waals surface area contributed by atoms with E-state index in [0.29, 0.717) is 19.5 Å². The molecule has 4 nitrogen and oxygen atoms in total. The summed E-state index contributed by atoms with van der Waals surface area (Å²) in [6.07, 6.45) is 1.53. The molecule has 1 unspecified atom stereocenters. The average molecular weight is 369 g/mol. The van der Waals surface area contributed by atoms with Gasteiger partial charge in [0.15, 0.2) is 0 Å². The van der Waals surface area contributed by atoms with Gasteiger partial charge in [0.1, 0.15) is 5.25 Å². The molecule has 1 atom stereocenters. The van der Waals surface area contributed by atoms with E-state index in [-0.39, 0.29) is 17.6 Å². The van der Waals surface area contributed by atoms with E-state index in [9.17, 15) is 9.59 Å². The Kier molecular flexibility index (Phi) is 6.34. The second kappa shape index (κ2) is 8.90. The number of carbonyl (C=O) groups is 2. The van der Waals surface area contributed by atoms with Crippen molar-refractivity contribution in [3.8, 4) is 0 Å². The van der Waals surface area contributed by atoms with Gasteiger partial charge in [-0.05, 0) is 35.3 Å². The molecule has 0 saturated carbocycles. The number of carboxylic acids is 1. The van der Waals surface area contributed by atoms with Crippen molar-refractivity contribution in [1.82, 2.24) is 4.90 Å². The Bertz CT molecular complexity index is 763. The second-order valence-corrected chi connectivity index (χ2v) is 7.66. The summed E-state index contributed by atoms with van der Waals surface area (Å²) in [5.74, 6) is 0.188. The first kappa shape index (κ1) is 18.5. The highest BCUT2D eigenvalue weighted by Crippen LogP contribution is 2.38. The third-order valence-electron chi connectivity index (χ3n) is 4.56. The fourth-order valence-electron chi connectivity index (χ4n) is 3.26. The number of amides is 1. The Labute approximate surface area is 158 Å². The molecule has 0 aromatic heterocycles. The molecular weight excluding hydrogens is 346 g/mol. The maximum absolute atomic E-state index is 13.3. The van der Waals surface area contributed by atoms with Gasteiger partial charge in [0, 0.05) is 19.5 Å². The standard InChI is InChI=1S/C21H23NO3S/c23-19(24)11-6-13-22(15-16-7-2-1-3-8-16)21(25)20-18-10-5-4-9-17(18)12-14-26-20/h1-5,7-10,20H,6,11-15H2,(H,23,24). The molecule has 0 saturated heterocycles. The van der Waals surface area contributed by atoms with Gasteiger partial charge in [-0.1, -0.05) is 54.6 Å². The maximum Gasteiger partial charge on any atom is 0.303 e. The summed E-state index contributed by atoms with van der Waals surface area (Å²) in [6, 6.07) is 18.0. The summed E-state index contributed by atoms with van der Waals surface area (Å²) in [6.45, 7) is 0.970. The molecule has 1 heterocycles. The summed E-state index contributed by atoms with van der Waals surface area (Å²) in [5, 5.41) is 8.73. The summed E-state index contributed by atoms with van der Waals surface area (Å²) < 4.78 is 0. The van der Waals surface area contributed by atoms with Crippen molar-refractivity contribution < 1.29 is 14.7 Å². The largest absolute Gasteiger partial charge is 0.481 e. The highest BCUT2D eigenvalue weighted by Gasteiger charge is 2.30. The molecule has 0 radical (unpaired) electrons. The second-order valence-electron chi connectivity index (χ2n) is 6.44. The lowest BCUT2D eigenvalue weighted by Crippen LogP contribution is -2.36. The summed E-state index contributed by atoms with van der Waals surface area (Å²) in [5.41, 5.74) is 3.41. The smallest absolute Gasteiger partial charge is 0.303 e. The van der Waals surface area contributed by atoms with Gasteiger partial charge in [-0.15, -0.1) is 11.8 Å². The van der Waals surface area contributed by atoms with Crippen LogP contribution < -0.4 is 0 Å². The van der Waals surface area contributed by atoms with Crippen LogP contribution in [0.25, 0.3) is 0 Å². The molecule has 5 heteroatoms. The minimum atomic E-state index is -0.825. The number of hydrogen-bond acceptors (Lipinski definition) is 3. The van der Waals surface area contributed by atoms with Gasteiger partial charge in [-0.3, -0.25) is 9.59 Å². The Morgan fingerprint density at radius 2 is 1.81 bits per heavy atom. The van der Waals surface area contributed by atoms with E-state index in [1.807, 2.05) is 53.4 Å². The van der Waals surface area contributed by atoms with Crippen LogP contribution in [0.5, 0.6) is 0 Å². The Balaban J connectivity index is 1.79. The number of thioether (sulfide) groups is 1. The van der Waals surface area contributed by atoms with Crippen LogP contribution in [-0.2, 0) is 22.6 Å². The molecule has 136 valence electrons. The normalized spacial score (nSPS) is 15.9. The van der Waals surface area contributed by atoms with Crippen molar-refractivity contribution in [2.75, 3.05) is 12.3 Å². The molecule has 1 aliphatic heterocycles. The number of hydrogen-bond donors (Lipinski definition) is 1. The number of carbonyl (C=O) groups excluding carboxylic acids is 1. The first-order chi connectivity index (χ1) is 12.6. The Morgan fingerprint density at radius 1 is 1.08 bits per heavy atom. The van der Waals surface area contributed by atoms with Crippen molar-refractivity contribution in [1.29, 1.82) is 0 Å². The highest BCUT2D eigenvalue weighted by atomic mass is 32.2. The monoisotopic (exact) mass is 369 g/mol. The number of benzene rings is 2. The number of carboxylic acid groups (broad SMARTS) is 1. The third kappa shape index (κ3) is 4.67. The number of aliphatic carboxylic acids is 1. The van der Waals surface area contributed by atoms with E-state index in [4.69, 9.17) is 5.11 Å². The first-order valence-corrected chi connectivity index (χ1v) is 9.94. The maximum atomic E-state index is 13.3. The van der Waals surface area contributed by atoms with E-state index in [1.165, 1.54) is 5.56 Å². The molecule has 0 fully saturated rings. The number of nitrogens with zero attached hydrogens (tertiary/aromatic N) is 1. The van der Waals surface area contributed by atoms with Gasteiger partial charge in [-0.25, -0.2) is 0 Å². The van der Waals surface area contributed by atoms with Crippen LogP contribution >= 0.6 is 11.8 Å². The molecular formula is C21H23NO3S. The van der Waals surface area contributed by atoms with Crippen molar-refractivity contribution in [3.63, 3.8) is 0 Å². The third-order valence-corrected chi connectivity index (χ3v) is 5.79. The van der Waals surface area contributed by atoms with E-state index in [1.54, 1.807) is 11.8 Å². The quantitative estimate of drug-likeness (QED) is 0.804. The van der Waals surface area contributed by atoms with Crippen molar-refractivity contribution in [2.45, 2.75) is 31.1 Å². The van der Waals surface area contributed by atoms with Crippen LogP contribution in [-0.4, -0.2) is 34.2 Å². The molecule has 26 heavy (non-hydrogen) atoms. The van der Waals surface area contributed by atoms with Gasteiger partial charge in [-0.2, -0.15) is 0 Å². The lowest BCUT2D eigenvalue weighted by atomic mass is 10.0. The average Bonchev–Trinajstić information content (AvgIpc) is 2.67.